The summed E-state index contributed by atoms with van der Waals surface area (Å²) >= 11 is 0. The quantitative estimate of drug-likeness (QED) is 0.577. The molecule has 156 valence electrons. The molecule has 2 aromatic carbocycles. The van der Waals surface area contributed by atoms with Gasteiger partial charge in [-0.2, -0.15) is 4.31 Å². The maximum absolute atomic E-state index is 12.9. The summed E-state index contributed by atoms with van der Waals surface area (Å²) < 4.78 is 27.2. The Labute approximate surface area is 177 Å². The summed E-state index contributed by atoms with van der Waals surface area (Å²) in [5, 5.41) is 3.74. The third-order valence-electron chi connectivity index (χ3n) is 4.86. The fourth-order valence-corrected chi connectivity index (χ4v) is 4.98. The molecule has 1 N–H and O–H groups in total. The third-order valence-corrected chi connectivity index (χ3v) is 7.05. The number of carbonyl (C=O) groups is 1. The first-order chi connectivity index (χ1) is 14.4. The number of hydrogen-bond donors (Lipinski definition) is 1. The molecule has 0 aliphatic rings. The molecule has 0 atom stereocenters. The molecule has 0 aliphatic carbocycles. The molecule has 0 spiro atoms. The Morgan fingerprint density at radius 1 is 1.10 bits per heavy atom. The molecule has 7 heteroatoms. The average molecular weight is 424 g/mol. The van der Waals surface area contributed by atoms with Crippen molar-refractivity contribution in [1.82, 2.24) is 9.29 Å². The van der Waals surface area contributed by atoms with Crippen molar-refractivity contribution in [2.75, 3.05) is 18.4 Å². The largest absolute Gasteiger partial charge is 0.322 e. The van der Waals surface area contributed by atoms with E-state index in [1.54, 1.807) is 45.2 Å². The molecule has 3 rings (SSSR count). The van der Waals surface area contributed by atoms with E-state index < -0.39 is 10.0 Å². The predicted octanol–water partition coefficient (Wildman–Crippen LogP) is 4.23. The topological polar surface area (TPSA) is 79.4 Å². The number of anilines is 1. The summed E-state index contributed by atoms with van der Waals surface area (Å²) in [5.41, 5.74) is 2.71. The van der Waals surface area contributed by atoms with Crippen molar-refractivity contribution in [3.8, 4) is 0 Å². The molecule has 3 aromatic rings. The van der Waals surface area contributed by atoms with Crippen LogP contribution in [-0.2, 0) is 14.8 Å². The standard InChI is InChI=1S/C23H25N3O3S/c1-4-26(5-2)30(28,29)21-16-20(13-11-17(21)3)25-22(27)14-12-19-9-6-8-18-10-7-15-24-23(18)19/h6-16H,4-5H2,1-3H3,(H,25,27)/b14-12+. The maximum atomic E-state index is 12.9. The third kappa shape index (κ3) is 4.58. The number of carbonyl (C=O) groups excluding carboxylic acids is 1. The Morgan fingerprint density at radius 2 is 1.83 bits per heavy atom. The second kappa shape index (κ2) is 9.19. The molecule has 1 heterocycles. The number of nitrogens with one attached hydrogen (secondary N) is 1. The summed E-state index contributed by atoms with van der Waals surface area (Å²) in [6.45, 7) is 6.12. The van der Waals surface area contributed by atoms with Gasteiger partial charge in [0.05, 0.1) is 10.4 Å². The molecule has 0 bridgehead atoms. The SMILES string of the molecule is CCN(CC)S(=O)(=O)c1cc(NC(=O)/C=C/c2cccc3cccnc23)ccc1C. The molecule has 0 aliphatic heterocycles. The molecule has 0 radical (unpaired) electrons. The van der Waals surface area contributed by atoms with Gasteiger partial charge in [-0.05, 0) is 36.8 Å². The number of para-hydroxylation sites is 1. The number of sulfonamides is 1. The zero-order chi connectivity index (χ0) is 21.7. The molecule has 30 heavy (non-hydrogen) atoms. The maximum Gasteiger partial charge on any atom is 0.248 e. The zero-order valence-corrected chi connectivity index (χ0v) is 18.1. The number of aryl methyl sites for hydroxylation is 1. The van der Waals surface area contributed by atoms with Gasteiger partial charge in [0.15, 0.2) is 0 Å². The fraction of sp³-hybridized carbons (Fsp3) is 0.217. The molecule has 1 aromatic heterocycles. The van der Waals surface area contributed by atoms with Crippen molar-refractivity contribution in [3.63, 3.8) is 0 Å². The number of aromatic nitrogens is 1. The molecule has 0 fully saturated rings. The average Bonchev–Trinajstić information content (AvgIpc) is 2.74. The number of fused-ring (bicyclic) bond motifs is 1. The highest BCUT2D eigenvalue weighted by Crippen LogP contribution is 2.24. The first-order valence-electron chi connectivity index (χ1n) is 9.80. The monoisotopic (exact) mass is 423 g/mol. The molecule has 1 amide bonds. The zero-order valence-electron chi connectivity index (χ0n) is 17.3. The van der Waals surface area contributed by atoms with Crippen molar-refractivity contribution >= 4 is 38.6 Å². The lowest BCUT2D eigenvalue weighted by molar-refractivity contribution is -0.111. The number of pyridine rings is 1. The van der Waals surface area contributed by atoms with E-state index in [0.717, 1.165) is 16.5 Å². The van der Waals surface area contributed by atoms with Crippen molar-refractivity contribution < 1.29 is 13.2 Å². The van der Waals surface area contributed by atoms with Crippen LogP contribution in [0.2, 0.25) is 0 Å². The minimum Gasteiger partial charge on any atom is -0.322 e. The number of benzene rings is 2. The summed E-state index contributed by atoms with van der Waals surface area (Å²) in [4.78, 5) is 17.0. The lowest BCUT2D eigenvalue weighted by Gasteiger charge is -2.20. The van der Waals surface area contributed by atoms with Crippen LogP contribution in [0.15, 0.2) is 65.7 Å². The first-order valence-corrected chi connectivity index (χ1v) is 11.2. The van der Waals surface area contributed by atoms with E-state index in [0.29, 0.717) is 24.3 Å². The summed E-state index contributed by atoms with van der Waals surface area (Å²) in [5.74, 6) is -0.349. The van der Waals surface area contributed by atoms with Gasteiger partial charge in [-0.1, -0.05) is 44.2 Å². The van der Waals surface area contributed by atoms with Crippen molar-refractivity contribution in [2.24, 2.45) is 0 Å². The van der Waals surface area contributed by atoms with Gasteiger partial charge in [-0.15, -0.1) is 0 Å². The van der Waals surface area contributed by atoms with E-state index in [1.807, 2.05) is 30.3 Å². The molecule has 6 nitrogen and oxygen atoms in total. The van der Waals surface area contributed by atoms with Gasteiger partial charge in [0.1, 0.15) is 0 Å². The van der Waals surface area contributed by atoms with Gasteiger partial charge in [-0.25, -0.2) is 8.42 Å². The minimum absolute atomic E-state index is 0.200. The number of hydrogen-bond acceptors (Lipinski definition) is 4. The van der Waals surface area contributed by atoms with E-state index in [9.17, 15) is 13.2 Å². The van der Waals surface area contributed by atoms with Crippen molar-refractivity contribution in [3.05, 3.63) is 71.9 Å². The Balaban J connectivity index is 1.83. The van der Waals surface area contributed by atoms with Gasteiger partial charge in [0.2, 0.25) is 15.9 Å². The van der Waals surface area contributed by atoms with Gasteiger partial charge in [0, 0.05) is 42.0 Å². The van der Waals surface area contributed by atoms with Crippen LogP contribution < -0.4 is 5.32 Å². The lowest BCUT2D eigenvalue weighted by Crippen LogP contribution is -2.31. The molecular weight excluding hydrogens is 398 g/mol. The summed E-state index contributed by atoms with van der Waals surface area (Å²) in [6, 6.07) is 14.5. The summed E-state index contributed by atoms with van der Waals surface area (Å²) in [6.07, 6.45) is 4.83. The van der Waals surface area contributed by atoms with E-state index in [-0.39, 0.29) is 10.8 Å². The molecule has 0 unspecified atom stereocenters. The highest BCUT2D eigenvalue weighted by molar-refractivity contribution is 7.89. The molecular formula is C23H25N3O3S. The lowest BCUT2D eigenvalue weighted by atomic mass is 10.1. The van der Waals surface area contributed by atoms with Gasteiger partial charge in [-0.3, -0.25) is 9.78 Å². The molecule has 0 saturated heterocycles. The van der Waals surface area contributed by atoms with E-state index in [2.05, 4.69) is 10.3 Å². The van der Waals surface area contributed by atoms with Crippen LogP contribution in [0.25, 0.3) is 17.0 Å². The van der Waals surface area contributed by atoms with Gasteiger partial charge in [0.25, 0.3) is 0 Å². The van der Waals surface area contributed by atoms with Crippen LogP contribution in [0, 0.1) is 6.92 Å². The Morgan fingerprint density at radius 3 is 2.57 bits per heavy atom. The number of rotatable bonds is 7. The van der Waals surface area contributed by atoms with Crippen molar-refractivity contribution in [1.29, 1.82) is 0 Å². The summed E-state index contributed by atoms with van der Waals surface area (Å²) in [7, 11) is -3.61. The minimum atomic E-state index is -3.61. The van der Waals surface area contributed by atoms with Crippen LogP contribution in [0.5, 0.6) is 0 Å². The van der Waals surface area contributed by atoms with Gasteiger partial charge < -0.3 is 5.32 Å². The second-order valence-corrected chi connectivity index (χ2v) is 8.72. The highest BCUT2D eigenvalue weighted by atomic mass is 32.2. The highest BCUT2D eigenvalue weighted by Gasteiger charge is 2.23. The van der Waals surface area contributed by atoms with E-state index >= 15 is 0 Å². The van der Waals surface area contributed by atoms with Gasteiger partial charge >= 0.3 is 0 Å². The van der Waals surface area contributed by atoms with Crippen LogP contribution in [0.3, 0.4) is 0 Å². The number of amides is 1. The van der Waals surface area contributed by atoms with E-state index in [4.69, 9.17) is 0 Å². The fourth-order valence-electron chi connectivity index (χ4n) is 3.27. The smallest absolute Gasteiger partial charge is 0.248 e. The van der Waals surface area contributed by atoms with E-state index in [1.165, 1.54) is 16.4 Å². The number of nitrogens with zero attached hydrogens (tertiary/aromatic N) is 2. The van der Waals surface area contributed by atoms with Crippen LogP contribution in [0.1, 0.15) is 25.0 Å². The van der Waals surface area contributed by atoms with Crippen LogP contribution in [-0.4, -0.2) is 36.7 Å². The predicted molar refractivity (Wildman–Crippen MR) is 121 cm³/mol. The van der Waals surface area contributed by atoms with Crippen LogP contribution in [0.4, 0.5) is 5.69 Å². The van der Waals surface area contributed by atoms with Crippen LogP contribution >= 0.6 is 0 Å². The second-order valence-electron chi connectivity index (χ2n) is 6.81. The first kappa shape index (κ1) is 21.7. The normalized spacial score (nSPS) is 12.0. The van der Waals surface area contributed by atoms with Crippen molar-refractivity contribution in [2.45, 2.75) is 25.7 Å². The molecule has 0 saturated carbocycles. The Hall–Kier alpha value is -3.03. The Bertz CT molecular complexity index is 1190. The Kier molecular flexibility index (Phi) is 6.64.